The van der Waals surface area contributed by atoms with Crippen molar-refractivity contribution >= 4 is 27.3 Å². The van der Waals surface area contributed by atoms with E-state index in [0.717, 1.165) is 11.6 Å². The summed E-state index contributed by atoms with van der Waals surface area (Å²) in [4.78, 5) is 16.4. The molecule has 0 aliphatic carbocycles. The van der Waals surface area contributed by atoms with Crippen LogP contribution < -0.4 is 5.32 Å². The Hall–Kier alpha value is -3.66. The fraction of sp³-hybridized carbons (Fsp3) is 0.167. The summed E-state index contributed by atoms with van der Waals surface area (Å²) < 4.78 is 72.2. The highest BCUT2D eigenvalue weighted by atomic mass is 32.2. The Balaban J connectivity index is 1.80. The number of anilines is 1. The lowest BCUT2D eigenvalue weighted by atomic mass is 10.1. The van der Waals surface area contributed by atoms with Crippen LogP contribution in [-0.4, -0.2) is 33.4 Å². The molecule has 0 bridgehead atoms. The van der Waals surface area contributed by atoms with E-state index in [1.165, 1.54) is 24.3 Å². The Kier molecular flexibility index (Phi) is 6.18. The molecule has 3 aromatic rings. The van der Waals surface area contributed by atoms with Crippen LogP contribution >= 0.6 is 0 Å². The van der Waals surface area contributed by atoms with Crippen molar-refractivity contribution in [3.8, 4) is 0 Å². The van der Waals surface area contributed by atoms with Gasteiger partial charge in [-0.3, -0.25) is 4.79 Å². The molecule has 6 nitrogen and oxygen atoms in total. The number of rotatable bonds is 5. The summed E-state index contributed by atoms with van der Waals surface area (Å²) in [5, 5.41) is 2.59. The van der Waals surface area contributed by atoms with E-state index in [0.29, 0.717) is 36.7 Å². The first kappa shape index (κ1) is 23.5. The number of sulfone groups is 1. The van der Waals surface area contributed by atoms with Crippen LogP contribution in [0.2, 0.25) is 0 Å². The summed E-state index contributed by atoms with van der Waals surface area (Å²) in [5.74, 6) is -0.568. The number of benzene rings is 3. The van der Waals surface area contributed by atoms with Gasteiger partial charge < -0.3 is 10.1 Å². The number of ether oxygens (including phenoxy) is 1. The average molecular weight is 488 g/mol. The van der Waals surface area contributed by atoms with Crippen LogP contribution in [0.15, 0.2) is 81.5 Å². The fourth-order valence-electron chi connectivity index (χ4n) is 3.42. The minimum Gasteiger partial charge on any atom is -0.475 e. The van der Waals surface area contributed by atoms with Crippen molar-refractivity contribution in [2.24, 2.45) is 4.99 Å². The monoisotopic (exact) mass is 488 g/mol. The van der Waals surface area contributed by atoms with E-state index in [1.807, 2.05) is 0 Å². The molecule has 1 amide bonds. The number of hydrogen-bond donors (Lipinski definition) is 1. The topological polar surface area (TPSA) is 84.8 Å². The first-order chi connectivity index (χ1) is 16.1. The van der Waals surface area contributed by atoms with Gasteiger partial charge >= 0.3 is 6.18 Å². The Morgan fingerprint density at radius 2 is 1.74 bits per heavy atom. The third-order valence-corrected chi connectivity index (χ3v) is 6.98. The van der Waals surface area contributed by atoms with E-state index in [-0.39, 0.29) is 10.6 Å². The maximum absolute atomic E-state index is 13.4. The van der Waals surface area contributed by atoms with Crippen molar-refractivity contribution < 1.29 is 31.1 Å². The van der Waals surface area contributed by atoms with Crippen molar-refractivity contribution in [1.29, 1.82) is 0 Å². The van der Waals surface area contributed by atoms with Crippen LogP contribution in [0.4, 0.5) is 18.9 Å². The number of halogens is 3. The van der Waals surface area contributed by atoms with Crippen molar-refractivity contribution in [2.75, 3.05) is 18.5 Å². The number of nitrogens with one attached hydrogen (secondary N) is 1. The first-order valence-electron chi connectivity index (χ1n) is 10.2. The van der Waals surface area contributed by atoms with Gasteiger partial charge in [-0.25, -0.2) is 13.4 Å². The maximum atomic E-state index is 13.4. The molecule has 1 aliphatic rings. The zero-order valence-corrected chi connectivity index (χ0v) is 18.7. The zero-order chi connectivity index (χ0) is 24.5. The van der Waals surface area contributed by atoms with E-state index in [2.05, 4.69) is 10.3 Å². The minimum absolute atomic E-state index is 0.222. The second-order valence-corrected chi connectivity index (χ2v) is 9.48. The third-order valence-electron chi connectivity index (χ3n) is 5.17. The third kappa shape index (κ3) is 4.67. The number of para-hydroxylation sites is 1. The molecule has 0 spiro atoms. The summed E-state index contributed by atoms with van der Waals surface area (Å²) in [6, 6.07) is 14.2. The molecule has 176 valence electrons. The van der Waals surface area contributed by atoms with Crippen LogP contribution in [0.3, 0.4) is 0 Å². The van der Waals surface area contributed by atoms with Crippen LogP contribution in [0, 0.1) is 6.92 Å². The van der Waals surface area contributed by atoms with Crippen LogP contribution in [-0.2, 0) is 20.8 Å². The van der Waals surface area contributed by atoms with Gasteiger partial charge in [-0.15, -0.1) is 0 Å². The van der Waals surface area contributed by atoms with Crippen LogP contribution in [0.5, 0.6) is 0 Å². The first-order valence-corrected chi connectivity index (χ1v) is 11.7. The highest BCUT2D eigenvalue weighted by Gasteiger charge is 2.34. The Morgan fingerprint density at radius 3 is 2.38 bits per heavy atom. The molecule has 0 saturated heterocycles. The molecule has 1 heterocycles. The molecule has 0 aromatic heterocycles. The second kappa shape index (κ2) is 8.94. The van der Waals surface area contributed by atoms with Crippen molar-refractivity contribution in [1.82, 2.24) is 0 Å². The Bertz CT molecular complexity index is 1380. The van der Waals surface area contributed by atoms with Gasteiger partial charge in [-0.05, 0) is 49.4 Å². The number of carbonyl (C=O) groups is 1. The van der Waals surface area contributed by atoms with Gasteiger partial charge in [0, 0.05) is 0 Å². The van der Waals surface area contributed by atoms with Gasteiger partial charge in [-0.2, -0.15) is 13.2 Å². The number of aliphatic imine (C=N–C) groups is 1. The van der Waals surface area contributed by atoms with Gasteiger partial charge in [0.05, 0.1) is 38.7 Å². The summed E-state index contributed by atoms with van der Waals surface area (Å²) in [6.07, 6.45) is -4.79. The minimum atomic E-state index is -4.79. The molecule has 4 rings (SSSR count). The average Bonchev–Trinajstić information content (AvgIpc) is 3.33. The Labute approximate surface area is 194 Å². The van der Waals surface area contributed by atoms with E-state index in [1.54, 1.807) is 31.2 Å². The lowest BCUT2D eigenvalue weighted by Gasteiger charge is -2.16. The van der Waals surface area contributed by atoms with E-state index < -0.39 is 37.9 Å². The number of amides is 1. The van der Waals surface area contributed by atoms with Crippen molar-refractivity contribution in [3.05, 3.63) is 89.0 Å². The fourth-order valence-corrected chi connectivity index (χ4v) is 4.90. The quantitative estimate of drug-likeness (QED) is 0.555. The smallest absolute Gasteiger partial charge is 0.416 e. The molecule has 0 unspecified atom stereocenters. The van der Waals surface area contributed by atoms with Gasteiger partial charge in [-0.1, -0.05) is 29.8 Å². The van der Waals surface area contributed by atoms with E-state index >= 15 is 0 Å². The predicted octanol–water partition coefficient (Wildman–Crippen LogP) is 4.88. The molecule has 34 heavy (non-hydrogen) atoms. The molecule has 0 atom stereocenters. The van der Waals surface area contributed by atoms with Crippen molar-refractivity contribution in [3.63, 3.8) is 0 Å². The van der Waals surface area contributed by atoms with Gasteiger partial charge in [0.1, 0.15) is 6.61 Å². The highest BCUT2D eigenvalue weighted by molar-refractivity contribution is 7.91. The standard InChI is InChI=1S/C24H19F3N2O4S/c1-15-6-9-17(10-7-15)34(31,32)21-14-16(24(25,26)27)8-11-19(21)22(30)29-20-5-3-2-4-18(20)23-28-12-13-33-23/h2-11,14H,12-13H2,1H3,(H,29,30). The molecule has 0 radical (unpaired) electrons. The maximum Gasteiger partial charge on any atom is 0.416 e. The molecular formula is C24H19F3N2O4S. The molecule has 10 heteroatoms. The molecule has 0 fully saturated rings. The SMILES string of the molecule is Cc1ccc(S(=O)(=O)c2cc(C(F)(F)F)ccc2C(=O)Nc2ccccc2C2=NCCO2)cc1. The van der Waals surface area contributed by atoms with E-state index in [4.69, 9.17) is 4.74 Å². The molecule has 3 aromatic carbocycles. The Morgan fingerprint density at radius 1 is 1.03 bits per heavy atom. The number of hydrogen-bond acceptors (Lipinski definition) is 5. The predicted molar refractivity (Wildman–Crippen MR) is 120 cm³/mol. The van der Waals surface area contributed by atoms with Crippen LogP contribution in [0.1, 0.15) is 27.0 Å². The van der Waals surface area contributed by atoms with Crippen molar-refractivity contribution in [2.45, 2.75) is 22.9 Å². The zero-order valence-electron chi connectivity index (χ0n) is 17.9. The van der Waals surface area contributed by atoms with Crippen LogP contribution in [0.25, 0.3) is 0 Å². The normalized spacial score (nSPS) is 13.8. The number of carbonyl (C=O) groups excluding carboxylic acids is 1. The second-order valence-electron chi connectivity index (χ2n) is 7.56. The molecular weight excluding hydrogens is 469 g/mol. The lowest BCUT2D eigenvalue weighted by molar-refractivity contribution is -0.137. The molecule has 1 N–H and O–H groups in total. The molecule has 1 aliphatic heterocycles. The lowest BCUT2D eigenvalue weighted by Crippen LogP contribution is -2.19. The van der Waals surface area contributed by atoms with Gasteiger partial charge in [0.2, 0.25) is 15.7 Å². The van der Waals surface area contributed by atoms with E-state index in [9.17, 15) is 26.4 Å². The highest BCUT2D eigenvalue weighted by Crippen LogP contribution is 2.34. The van der Waals surface area contributed by atoms with Gasteiger partial charge in [0.15, 0.2) is 0 Å². The van der Waals surface area contributed by atoms with Gasteiger partial charge in [0.25, 0.3) is 5.91 Å². The molecule has 0 saturated carbocycles. The number of nitrogens with zero attached hydrogens (tertiary/aromatic N) is 1. The summed E-state index contributed by atoms with van der Waals surface area (Å²) in [5.41, 5.74) is -0.0638. The summed E-state index contributed by atoms with van der Waals surface area (Å²) in [6.45, 7) is 2.58. The summed E-state index contributed by atoms with van der Waals surface area (Å²) in [7, 11) is -4.44. The number of aryl methyl sites for hydroxylation is 1. The summed E-state index contributed by atoms with van der Waals surface area (Å²) >= 11 is 0. The largest absolute Gasteiger partial charge is 0.475 e. The number of alkyl halides is 3.